The van der Waals surface area contributed by atoms with Crippen molar-refractivity contribution in [2.75, 3.05) is 5.32 Å². The predicted molar refractivity (Wildman–Crippen MR) is 134 cm³/mol. The standard InChI is InChI=1S/C25H24ClN3O4S/c1-4-28-21-14-20(27-24(30)17-7-6-8-18(26)13-17)23(15-22(21)29(5-2)25(28)31)34(32,33)19-11-9-16(3)10-12-19/h6-15H,4-5H2,1-3H3,(H,27,30). The summed E-state index contributed by atoms with van der Waals surface area (Å²) in [5, 5.41) is 3.11. The lowest BCUT2D eigenvalue weighted by Gasteiger charge is -2.14. The second-order valence-corrected chi connectivity index (χ2v) is 10.2. The van der Waals surface area contributed by atoms with Crippen molar-refractivity contribution in [3.05, 3.63) is 87.3 Å². The summed E-state index contributed by atoms with van der Waals surface area (Å²) in [6.45, 7) is 6.30. The second kappa shape index (κ2) is 9.12. The van der Waals surface area contributed by atoms with Gasteiger partial charge in [0.1, 0.15) is 0 Å². The van der Waals surface area contributed by atoms with Crippen LogP contribution in [0.1, 0.15) is 29.8 Å². The van der Waals surface area contributed by atoms with E-state index in [2.05, 4.69) is 5.32 Å². The summed E-state index contributed by atoms with van der Waals surface area (Å²) in [5.74, 6) is -0.512. The van der Waals surface area contributed by atoms with E-state index in [1.807, 2.05) is 20.8 Å². The second-order valence-electron chi connectivity index (χ2n) is 7.89. The van der Waals surface area contributed by atoms with Crippen LogP contribution in [-0.4, -0.2) is 23.5 Å². The fourth-order valence-corrected chi connectivity index (χ4v) is 5.55. The van der Waals surface area contributed by atoms with Crippen LogP contribution in [-0.2, 0) is 22.9 Å². The normalized spacial score (nSPS) is 11.6. The van der Waals surface area contributed by atoms with Crippen molar-refractivity contribution in [2.24, 2.45) is 0 Å². The summed E-state index contributed by atoms with van der Waals surface area (Å²) in [7, 11) is -4.01. The third kappa shape index (κ3) is 4.15. The number of anilines is 1. The molecule has 0 radical (unpaired) electrons. The lowest BCUT2D eigenvalue weighted by molar-refractivity contribution is 0.102. The average Bonchev–Trinajstić information content (AvgIpc) is 3.08. The van der Waals surface area contributed by atoms with E-state index in [0.717, 1.165) is 5.56 Å². The number of nitrogens with zero attached hydrogens (tertiary/aromatic N) is 2. The summed E-state index contributed by atoms with van der Waals surface area (Å²) >= 11 is 6.03. The van der Waals surface area contributed by atoms with Crippen molar-refractivity contribution in [2.45, 2.75) is 43.7 Å². The smallest absolute Gasteiger partial charge is 0.321 e. The molecule has 0 aliphatic heterocycles. The molecule has 1 amide bonds. The van der Waals surface area contributed by atoms with Crippen LogP contribution in [0.3, 0.4) is 0 Å². The van der Waals surface area contributed by atoms with Crippen LogP contribution in [0.5, 0.6) is 0 Å². The van der Waals surface area contributed by atoms with Crippen molar-refractivity contribution in [1.82, 2.24) is 9.13 Å². The monoisotopic (exact) mass is 497 g/mol. The topological polar surface area (TPSA) is 90.2 Å². The number of hydrogen-bond donors (Lipinski definition) is 1. The molecule has 3 aromatic carbocycles. The first-order valence-corrected chi connectivity index (χ1v) is 12.7. The molecule has 7 nitrogen and oxygen atoms in total. The molecule has 0 unspecified atom stereocenters. The number of carbonyl (C=O) groups excluding carboxylic acids is 1. The summed E-state index contributed by atoms with van der Waals surface area (Å²) in [6.07, 6.45) is 0. The molecule has 176 valence electrons. The maximum Gasteiger partial charge on any atom is 0.329 e. The van der Waals surface area contributed by atoms with Gasteiger partial charge in [-0.2, -0.15) is 0 Å². The van der Waals surface area contributed by atoms with Crippen molar-refractivity contribution >= 4 is 44.1 Å². The van der Waals surface area contributed by atoms with Crippen molar-refractivity contribution < 1.29 is 13.2 Å². The minimum atomic E-state index is -4.01. The van der Waals surface area contributed by atoms with Gasteiger partial charge in [0.15, 0.2) is 0 Å². The highest BCUT2D eigenvalue weighted by Gasteiger charge is 2.26. The Kier molecular flexibility index (Phi) is 6.38. The maximum atomic E-state index is 13.7. The average molecular weight is 498 g/mol. The lowest BCUT2D eigenvalue weighted by Crippen LogP contribution is -2.23. The van der Waals surface area contributed by atoms with Gasteiger partial charge in [0.25, 0.3) is 5.91 Å². The Balaban J connectivity index is 1.97. The van der Waals surface area contributed by atoms with E-state index < -0.39 is 15.7 Å². The summed E-state index contributed by atoms with van der Waals surface area (Å²) in [4.78, 5) is 25.9. The van der Waals surface area contributed by atoms with E-state index in [1.54, 1.807) is 41.0 Å². The van der Waals surface area contributed by atoms with Crippen LogP contribution >= 0.6 is 11.6 Å². The van der Waals surface area contributed by atoms with Crippen LogP contribution < -0.4 is 11.0 Å². The number of sulfone groups is 1. The van der Waals surface area contributed by atoms with Crippen molar-refractivity contribution in [3.8, 4) is 0 Å². The molecule has 0 aliphatic rings. The molecule has 0 saturated heterocycles. The van der Waals surface area contributed by atoms with Gasteiger partial charge in [0.2, 0.25) is 9.84 Å². The third-order valence-corrected chi connectivity index (χ3v) is 7.75. The van der Waals surface area contributed by atoms with Crippen LogP contribution in [0.25, 0.3) is 11.0 Å². The van der Waals surface area contributed by atoms with Crippen molar-refractivity contribution in [3.63, 3.8) is 0 Å². The molecule has 1 N–H and O–H groups in total. The minimum Gasteiger partial charge on any atom is -0.321 e. The first-order valence-electron chi connectivity index (χ1n) is 10.8. The number of fused-ring (bicyclic) bond motifs is 1. The lowest BCUT2D eigenvalue weighted by atomic mass is 10.2. The summed E-state index contributed by atoms with van der Waals surface area (Å²) in [6, 6.07) is 15.9. The predicted octanol–water partition coefficient (Wildman–Crippen LogP) is 4.89. The number of imidazole rings is 1. The van der Waals surface area contributed by atoms with E-state index in [0.29, 0.717) is 29.1 Å². The van der Waals surface area contributed by atoms with E-state index >= 15 is 0 Å². The quantitative estimate of drug-likeness (QED) is 0.410. The number of aryl methyl sites for hydroxylation is 3. The van der Waals surface area contributed by atoms with Gasteiger partial charge in [-0.25, -0.2) is 13.2 Å². The maximum absolute atomic E-state index is 13.7. The van der Waals surface area contributed by atoms with E-state index in [1.165, 1.54) is 28.8 Å². The molecule has 0 bridgehead atoms. The van der Waals surface area contributed by atoms with Crippen LogP contribution in [0, 0.1) is 6.92 Å². The van der Waals surface area contributed by atoms with Crippen molar-refractivity contribution in [1.29, 1.82) is 0 Å². The Morgan fingerprint density at radius 2 is 1.56 bits per heavy atom. The minimum absolute atomic E-state index is 0.0883. The Morgan fingerprint density at radius 3 is 2.15 bits per heavy atom. The van der Waals surface area contributed by atoms with Gasteiger partial charge >= 0.3 is 5.69 Å². The zero-order chi connectivity index (χ0) is 24.6. The molecule has 1 aromatic heterocycles. The van der Waals surface area contributed by atoms with Gasteiger partial charge < -0.3 is 5.32 Å². The molecule has 0 aliphatic carbocycles. The SMILES string of the molecule is CCn1c(=O)n(CC)c2cc(S(=O)(=O)c3ccc(C)cc3)c(NC(=O)c3cccc(Cl)c3)cc21. The van der Waals surface area contributed by atoms with Crippen LogP contribution in [0.15, 0.2) is 75.2 Å². The fraction of sp³-hybridized carbons (Fsp3) is 0.200. The van der Waals surface area contributed by atoms with E-state index in [-0.39, 0.29) is 26.7 Å². The summed E-state index contributed by atoms with van der Waals surface area (Å²) in [5.41, 5.74) is 2.08. The number of benzene rings is 3. The Labute approximate surface area is 202 Å². The van der Waals surface area contributed by atoms with Gasteiger partial charge in [-0.15, -0.1) is 0 Å². The fourth-order valence-electron chi connectivity index (χ4n) is 3.94. The molecule has 1 heterocycles. The molecule has 4 rings (SSSR count). The number of halogens is 1. The Morgan fingerprint density at radius 1 is 0.941 bits per heavy atom. The zero-order valence-electron chi connectivity index (χ0n) is 19.0. The van der Waals surface area contributed by atoms with Gasteiger partial charge in [-0.05, 0) is 63.2 Å². The molecule has 0 saturated carbocycles. The first-order chi connectivity index (χ1) is 16.2. The highest BCUT2D eigenvalue weighted by molar-refractivity contribution is 7.91. The molecular formula is C25H24ClN3O4S. The highest BCUT2D eigenvalue weighted by atomic mass is 35.5. The number of amides is 1. The van der Waals surface area contributed by atoms with Crippen LogP contribution in [0.2, 0.25) is 5.02 Å². The molecule has 0 spiro atoms. The molecule has 4 aromatic rings. The number of aromatic nitrogens is 2. The molecular weight excluding hydrogens is 474 g/mol. The van der Waals surface area contributed by atoms with Gasteiger partial charge in [-0.3, -0.25) is 13.9 Å². The van der Waals surface area contributed by atoms with E-state index in [9.17, 15) is 18.0 Å². The van der Waals surface area contributed by atoms with Crippen LogP contribution in [0.4, 0.5) is 5.69 Å². The number of hydrogen-bond acceptors (Lipinski definition) is 4. The van der Waals surface area contributed by atoms with Gasteiger partial charge in [-0.1, -0.05) is 35.4 Å². The molecule has 0 fully saturated rings. The Hall–Kier alpha value is -3.36. The van der Waals surface area contributed by atoms with E-state index in [4.69, 9.17) is 11.6 Å². The zero-order valence-corrected chi connectivity index (χ0v) is 20.6. The molecule has 34 heavy (non-hydrogen) atoms. The van der Waals surface area contributed by atoms with Gasteiger partial charge in [0.05, 0.1) is 26.5 Å². The molecule has 0 atom stereocenters. The van der Waals surface area contributed by atoms with Gasteiger partial charge in [0, 0.05) is 23.7 Å². The molecule has 9 heteroatoms. The number of rotatable bonds is 6. The highest BCUT2D eigenvalue weighted by Crippen LogP contribution is 2.32. The largest absolute Gasteiger partial charge is 0.329 e. The third-order valence-electron chi connectivity index (χ3n) is 5.71. The number of nitrogens with one attached hydrogen (secondary N) is 1. The number of carbonyl (C=O) groups is 1. The Bertz CT molecular complexity index is 1570. The first kappa shape index (κ1) is 23.8. The summed E-state index contributed by atoms with van der Waals surface area (Å²) < 4.78 is 30.4.